The summed E-state index contributed by atoms with van der Waals surface area (Å²) in [7, 11) is 0. The van der Waals surface area contributed by atoms with Crippen molar-refractivity contribution in [2.24, 2.45) is 0 Å². The van der Waals surface area contributed by atoms with Crippen molar-refractivity contribution in [3.63, 3.8) is 0 Å². The van der Waals surface area contributed by atoms with Crippen molar-refractivity contribution >= 4 is 0 Å². The number of aryl methyl sites for hydroxylation is 1. The van der Waals surface area contributed by atoms with E-state index in [9.17, 15) is 13.2 Å². The van der Waals surface area contributed by atoms with Gasteiger partial charge in [0, 0.05) is 13.5 Å². The summed E-state index contributed by atoms with van der Waals surface area (Å²) >= 11 is 0. The minimum atomic E-state index is -1.47. The Morgan fingerprint density at radius 1 is 1.17 bits per heavy atom. The summed E-state index contributed by atoms with van der Waals surface area (Å²) in [5.41, 5.74) is 0.298. The van der Waals surface area contributed by atoms with Gasteiger partial charge in [-0.3, -0.25) is 0 Å². The minimum absolute atomic E-state index is 0.168. The average molecular weight is 257 g/mol. The molecular weight excluding hydrogens is 247 g/mol. The fraction of sp³-hybridized carbons (Fsp3) is 0.273. The second-order valence-corrected chi connectivity index (χ2v) is 3.71. The molecule has 1 aromatic carbocycles. The summed E-state index contributed by atoms with van der Waals surface area (Å²) in [5, 5.41) is 6.50. The number of hydrogen-bond acceptors (Lipinski definition) is 4. The third-order valence-corrected chi connectivity index (χ3v) is 2.23. The Morgan fingerprint density at radius 2 is 1.83 bits per heavy atom. The van der Waals surface area contributed by atoms with Gasteiger partial charge in [-0.05, 0) is 17.7 Å². The van der Waals surface area contributed by atoms with Gasteiger partial charge < -0.3 is 9.84 Å². The van der Waals surface area contributed by atoms with Crippen LogP contribution >= 0.6 is 0 Å². The maximum atomic E-state index is 12.9. The van der Waals surface area contributed by atoms with Gasteiger partial charge in [-0.25, -0.2) is 13.2 Å². The third-order valence-electron chi connectivity index (χ3n) is 2.23. The standard InChI is InChI=1S/C11H10F3N3O/c1-6-16-10(17-18-6)5-15-4-7-2-8(12)11(14)9(13)3-7/h2-3,15H,4-5H2,1H3. The second kappa shape index (κ2) is 5.18. The van der Waals surface area contributed by atoms with Crippen LogP contribution in [0, 0.1) is 24.4 Å². The van der Waals surface area contributed by atoms with Crippen LogP contribution in [0.2, 0.25) is 0 Å². The Bertz CT molecular complexity index is 533. The predicted octanol–water partition coefficient (Wildman–Crippen LogP) is 2.09. The second-order valence-electron chi connectivity index (χ2n) is 3.71. The summed E-state index contributed by atoms with van der Waals surface area (Å²) in [6.45, 7) is 2.11. The molecule has 1 heterocycles. The molecule has 0 aliphatic rings. The van der Waals surface area contributed by atoms with Gasteiger partial charge in [-0.15, -0.1) is 0 Å². The van der Waals surface area contributed by atoms with Crippen LogP contribution in [0.1, 0.15) is 17.3 Å². The molecule has 4 nitrogen and oxygen atoms in total. The van der Waals surface area contributed by atoms with Gasteiger partial charge >= 0.3 is 0 Å². The van der Waals surface area contributed by atoms with Crippen molar-refractivity contribution in [3.8, 4) is 0 Å². The lowest BCUT2D eigenvalue weighted by atomic mass is 10.2. The molecule has 2 aromatic rings. The number of nitrogens with one attached hydrogen (secondary N) is 1. The maximum Gasteiger partial charge on any atom is 0.223 e. The zero-order valence-corrected chi connectivity index (χ0v) is 9.51. The molecule has 0 aliphatic heterocycles. The molecule has 0 bridgehead atoms. The first-order valence-electron chi connectivity index (χ1n) is 5.19. The van der Waals surface area contributed by atoms with Crippen LogP contribution < -0.4 is 5.32 Å². The first-order valence-corrected chi connectivity index (χ1v) is 5.19. The lowest BCUT2D eigenvalue weighted by Crippen LogP contribution is -2.14. The molecule has 0 spiro atoms. The summed E-state index contributed by atoms with van der Waals surface area (Å²) in [5.74, 6) is -3.00. The molecule has 0 aliphatic carbocycles. The van der Waals surface area contributed by atoms with Crippen molar-refractivity contribution in [1.29, 1.82) is 0 Å². The summed E-state index contributed by atoms with van der Waals surface area (Å²) in [4.78, 5) is 3.94. The zero-order chi connectivity index (χ0) is 13.1. The molecule has 0 amide bonds. The third kappa shape index (κ3) is 2.86. The molecule has 96 valence electrons. The first-order chi connectivity index (χ1) is 8.56. The van der Waals surface area contributed by atoms with E-state index in [1.165, 1.54) is 0 Å². The number of rotatable bonds is 4. The Kier molecular flexibility index (Phi) is 3.61. The fourth-order valence-electron chi connectivity index (χ4n) is 1.44. The van der Waals surface area contributed by atoms with Crippen molar-refractivity contribution < 1.29 is 17.7 Å². The number of halogens is 3. The quantitative estimate of drug-likeness (QED) is 0.852. The predicted molar refractivity (Wildman–Crippen MR) is 55.9 cm³/mol. The molecule has 1 aromatic heterocycles. The van der Waals surface area contributed by atoms with E-state index in [-0.39, 0.29) is 13.1 Å². The van der Waals surface area contributed by atoms with E-state index in [1.54, 1.807) is 6.92 Å². The van der Waals surface area contributed by atoms with Gasteiger partial charge in [0.15, 0.2) is 23.3 Å². The maximum absolute atomic E-state index is 12.9. The van der Waals surface area contributed by atoms with E-state index in [4.69, 9.17) is 4.52 Å². The highest BCUT2D eigenvalue weighted by molar-refractivity contribution is 5.19. The minimum Gasteiger partial charge on any atom is -0.340 e. The van der Waals surface area contributed by atoms with Crippen molar-refractivity contribution in [2.75, 3.05) is 0 Å². The number of benzene rings is 1. The van der Waals surface area contributed by atoms with Crippen LogP contribution in [-0.2, 0) is 13.1 Å². The monoisotopic (exact) mass is 257 g/mol. The molecule has 0 radical (unpaired) electrons. The summed E-state index contributed by atoms with van der Waals surface area (Å²) in [6.07, 6.45) is 0. The first kappa shape index (κ1) is 12.6. The molecule has 0 saturated heterocycles. The van der Waals surface area contributed by atoms with E-state index in [0.717, 1.165) is 12.1 Å². The van der Waals surface area contributed by atoms with Crippen molar-refractivity contribution in [1.82, 2.24) is 15.5 Å². The topological polar surface area (TPSA) is 51.0 Å². The van der Waals surface area contributed by atoms with Crippen LogP contribution in [0.4, 0.5) is 13.2 Å². The highest BCUT2D eigenvalue weighted by Crippen LogP contribution is 2.13. The fourth-order valence-corrected chi connectivity index (χ4v) is 1.44. The Balaban J connectivity index is 1.94. The highest BCUT2D eigenvalue weighted by Gasteiger charge is 2.10. The lowest BCUT2D eigenvalue weighted by Gasteiger charge is -2.04. The SMILES string of the molecule is Cc1nc(CNCc2cc(F)c(F)c(F)c2)no1. The molecule has 1 N–H and O–H groups in total. The van der Waals surface area contributed by atoms with E-state index in [1.807, 2.05) is 0 Å². The van der Waals surface area contributed by atoms with E-state index in [0.29, 0.717) is 17.3 Å². The van der Waals surface area contributed by atoms with E-state index >= 15 is 0 Å². The summed E-state index contributed by atoms with van der Waals surface area (Å²) in [6, 6.07) is 1.87. The van der Waals surface area contributed by atoms with Gasteiger partial charge in [-0.1, -0.05) is 5.16 Å². The van der Waals surface area contributed by atoms with Gasteiger partial charge in [0.25, 0.3) is 0 Å². The van der Waals surface area contributed by atoms with Gasteiger partial charge in [-0.2, -0.15) is 4.98 Å². The van der Waals surface area contributed by atoms with Crippen molar-refractivity contribution in [3.05, 3.63) is 46.9 Å². The lowest BCUT2D eigenvalue weighted by molar-refractivity contribution is 0.385. The molecular formula is C11H10F3N3O. The Morgan fingerprint density at radius 3 is 2.39 bits per heavy atom. The molecule has 0 saturated carbocycles. The van der Waals surface area contributed by atoms with Crippen LogP contribution in [-0.4, -0.2) is 10.1 Å². The number of aromatic nitrogens is 2. The molecule has 7 heteroatoms. The van der Waals surface area contributed by atoms with Crippen LogP contribution in [0.5, 0.6) is 0 Å². The normalized spacial score (nSPS) is 10.9. The smallest absolute Gasteiger partial charge is 0.223 e. The van der Waals surface area contributed by atoms with Crippen LogP contribution in [0.25, 0.3) is 0 Å². The Labute approximate surface area is 101 Å². The summed E-state index contributed by atoms with van der Waals surface area (Å²) < 4.78 is 43.3. The van der Waals surface area contributed by atoms with Crippen LogP contribution in [0.15, 0.2) is 16.7 Å². The zero-order valence-electron chi connectivity index (χ0n) is 9.51. The molecule has 2 rings (SSSR count). The van der Waals surface area contributed by atoms with Gasteiger partial charge in [0.1, 0.15) is 0 Å². The number of hydrogen-bond donors (Lipinski definition) is 1. The largest absolute Gasteiger partial charge is 0.340 e. The molecule has 0 unspecified atom stereocenters. The van der Waals surface area contributed by atoms with Gasteiger partial charge in [0.2, 0.25) is 5.89 Å². The average Bonchev–Trinajstić information content (AvgIpc) is 2.72. The van der Waals surface area contributed by atoms with E-state index in [2.05, 4.69) is 15.5 Å². The Hall–Kier alpha value is -1.89. The van der Waals surface area contributed by atoms with Crippen LogP contribution in [0.3, 0.4) is 0 Å². The molecule has 18 heavy (non-hydrogen) atoms. The van der Waals surface area contributed by atoms with Gasteiger partial charge in [0.05, 0.1) is 6.54 Å². The molecule has 0 atom stereocenters. The number of nitrogens with zero attached hydrogens (tertiary/aromatic N) is 2. The van der Waals surface area contributed by atoms with Crippen molar-refractivity contribution in [2.45, 2.75) is 20.0 Å². The van der Waals surface area contributed by atoms with E-state index < -0.39 is 17.5 Å². The highest BCUT2D eigenvalue weighted by atomic mass is 19.2. The molecule has 0 fully saturated rings.